The van der Waals surface area contributed by atoms with E-state index >= 15 is 0 Å². The van der Waals surface area contributed by atoms with Crippen molar-refractivity contribution < 1.29 is 9.21 Å². The van der Waals surface area contributed by atoms with Gasteiger partial charge in [-0.05, 0) is 37.1 Å². The zero-order chi connectivity index (χ0) is 16.2. The van der Waals surface area contributed by atoms with Crippen LogP contribution in [0.3, 0.4) is 0 Å². The Morgan fingerprint density at radius 2 is 2.13 bits per heavy atom. The zero-order valence-corrected chi connectivity index (χ0v) is 13.8. The first-order chi connectivity index (χ1) is 11.2. The minimum absolute atomic E-state index is 0.0537. The molecule has 1 N–H and O–H groups in total. The summed E-state index contributed by atoms with van der Waals surface area (Å²) in [6, 6.07) is 11.3. The van der Waals surface area contributed by atoms with E-state index in [2.05, 4.69) is 15.3 Å². The lowest BCUT2D eigenvalue weighted by Crippen LogP contribution is -2.24. The van der Waals surface area contributed by atoms with Crippen LogP contribution < -0.4 is 5.32 Å². The predicted molar refractivity (Wildman–Crippen MR) is 91.5 cm³/mol. The standard InChI is InChI=1S/C17H17N3O2S/c1-3-14(16(21)19-12-8-5-4-7-11(12)2)23-17-20-15-13(22-17)9-6-10-18-15/h4-10,14H,3H2,1-2H3,(H,19,21)/t14-/m0/s1. The molecule has 5 nitrogen and oxygen atoms in total. The Morgan fingerprint density at radius 3 is 2.87 bits per heavy atom. The average Bonchev–Trinajstić information content (AvgIpc) is 2.97. The number of aromatic nitrogens is 2. The molecule has 118 valence electrons. The molecule has 0 bridgehead atoms. The van der Waals surface area contributed by atoms with Crippen molar-refractivity contribution in [2.24, 2.45) is 0 Å². The van der Waals surface area contributed by atoms with E-state index < -0.39 is 0 Å². The molecule has 1 aromatic carbocycles. The molecule has 0 fully saturated rings. The van der Waals surface area contributed by atoms with E-state index in [-0.39, 0.29) is 11.2 Å². The van der Waals surface area contributed by atoms with Crippen LogP contribution >= 0.6 is 11.8 Å². The highest BCUT2D eigenvalue weighted by Gasteiger charge is 2.21. The molecule has 0 aliphatic rings. The normalized spacial score (nSPS) is 12.3. The van der Waals surface area contributed by atoms with Crippen molar-refractivity contribution in [3.63, 3.8) is 0 Å². The third-order valence-electron chi connectivity index (χ3n) is 3.45. The predicted octanol–water partition coefficient (Wildman–Crippen LogP) is 4.04. The summed E-state index contributed by atoms with van der Waals surface area (Å²) in [6.07, 6.45) is 2.34. The highest BCUT2D eigenvalue weighted by Crippen LogP contribution is 2.28. The van der Waals surface area contributed by atoms with Gasteiger partial charge in [0, 0.05) is 11.9 Å². The molecule has 2 aromatic heterocycles. The maximum Gasteiger partial charge on any atom is 0.259 e. The number of para-hydroxylation sites is 1. The number of rotatable bonds is 5. The highest BCUT2D eigenvalue weighted by molar-refractivity contribution is 8.00. The second-order valence-corrected chi connectivity index (χ2v) is 6.28. The van der Waals surface area contributed by atoms with Gasteiger partial charge in [-0.25, -0.2) is 4.98 Å². The number of carbonyl (C=O) groups excluding carboxylic acids is 1. The van der Waals surface area contributed by atoms with E-state index in [0.717, 1.165) is 11.3 Å². The van der Waals surface area contributed by atoms with E-state index in [4.69, 9.17) is 4.42 Å². The third kappa shape index (κ3) is 3.53. The van der Waals surface area contributed by atoms with Gasteiger partial charge in [-0.1, -0.05) is 36.9 Å². The SMILES string of the molecule is CC[C@H](Sc1nc2ncccc2o1)C(=O)Nc1ccccc1C. The number of anilines is 1. The molecule has 0 aliphatic heterocycles. The number of hydrogen-bond acceptors (Lipinski definition) is 5. The van der Waals surface area contributed by atoms with Gasteiger partial charge in [-0.3, -0.25) is 4.79 Å². The summed E-state index contributed by atoms with van der Waals surface area (Å²) in [6.45, 7) is 3.94. The first-order valence-electron chi connectivity index (χ1n) is 7.42. The Hall–Kier alpha value is -2.34. The van der Waals surface area contributed by atoms with Gasteiger partial charge in [-0.2, -0.15) is 4.98 Å². The Labute approximate surface area is 138 Å². The van der Waals surface area contributed by atoms with Gasteiger partial charge in [0.2, 0.25) is 5.91 Å². The number of pyridine rings is 1. The summed E-state index contributed by atoms with van der Waals surface area (Å²) in [7, 11) is 0. The average molecular weight is 327 g/mol. The fourth-order valence-electron chi connectivity index (χ4n) is 2.17. The van der Waals surface area contributed by atoms with E-state index in [0.29, 0.717) is 22.9 Å². The molecule has 1 atom stereocenters. The molecule has 0 saturated carbocycles. The van der Waals surface area contributed by atoms with Crippen molar-refractivity contribution >= 4 is 34.6 Å². The van der Waals surface area contributed by atoms with Crippen molar-refractivity contribution in [1.29, 1.82) is 0 Å². The molecule has 23 heavy (non-hydrogen) atoms. The molecule has 0 radical (unpaired) electrons. The highest BCUT2D eigenvalue weighted by atomic mass is 32.2. The van der Waals surface area contributed by atoms with Gasteiger partial charge in [0.1, 0.15) is 0 Å². The molecule has 0 spiro atoms. The van der Waals surface area contributed by atoms with Crippen molar-refractivity contribution in [3.05, 3.63) is 48.2 Å². The molecule has 0 saturated heterocycles. The zero-order valence-electron chi connectivity index (χ0n) is 12.9. The molecule has 2 heterocycles. The summed E-state index contributed by atoms with van der Waals surface area (Å²) < 4.78 is 5.63. The number of nitrogens with one attached hydrogen (secondary N) is 1. The van der Waals surface area contributed by atoms with Crippen LogP contribution in [-0.4, -0.2) is 21.1 Å². The fraction of sp³-hybridized carbons (Fsp3) is 0.235. The van der Waals surface area contributed by atoms with Gasteiger partial charge in [0.15, 0.2) is 11.2 Å². The molecule has 1 amide bonds. The topological polar surface area (TPSA) is 68.0 Å². The monoisotopic (exact) mass is 327 g/mol. The number of hydrogen-bond donors (Lipinski definition) is 1. The van der Waals surface area contributed by atoms with Crippen LogP contribution in [0.4, 0.5) is 5.69 Å². The number of benzene rings is 1. The second kappa shape index (κ2) is 6.83. The maximum absolute atomic E-state index is 12.5. The quantitative estimate of drug-likeness (QED) is 0.716. The van der Waals surface area contributed by atoms with Crippen LogP contribution in [0.25, 0.3) is 11.2 Å². The van der Waals surface area contributed by atoms with Gasteiger partial charge in [0.25, 0.3) is 5.22 Å². The Morgan fingerprint density at radius 1 is 1.30 bits per heavy atom. The molecular formula is C17H17N3O2S. The van der Waals surface area contributed by atoms with Crippen molar-refractivity contribution in [2.75, 3.05) is 5.32 Å². The van der Waals surface area contributed by atoms with Crippen LogP contribution in [0.15, 0.2) is 52.2 Å². The van der Waals surface area contributed by atoms with Crippen molar-refractivity contribution in [2.45, 2.75) is 30.7 Å². The second-order valence-electron chi connectivity index (χ2n) is 5.12. The molecule has 6 heteroatoms. The Bertz CT molecular complexity index is 798. The van der Waals surface area contributed by atoms with Crippen LogP contribution in [0.2, 0.25) is 0 Å². The van der Waals surface area contributed by atoms with Gasteiger partial charge in [-0.15, -0.1) is 0 Å². The fourth-order valence-corrected chi connectivity index (χ4v) is 3.02. The molecule has 3 rings (SSSR count). The first-order valence-corrected chi connectivity index (χ1v) is 8.30. The van der Waals surface area contributed by atoms with Crippen LogP contribution in [0, 0.1) is 6.92 Å². The van der Waals surface area contributed by atoms with Crippen LogP contribution in [0.5, 0.6) is 0 Å². The number of nitrogens with zero attached hydrogens (tertiary/aromatic N) is 2. The van der Waals surface area contributed by atoms with Gasteiger partial charge >= 0.3 is 0 Å². The lowest BCUT2D eigenvalue weighted by atomic mass is 10.2. The number of fused-ring (bicyclic) bond motifs is 1. The minimum atomic E-state index is -0.275. The van der Waals surface area contributed by atoms with Gasteiger partial charge in [0.05, 0.1) is 5.25 Å². The van der Waals surface area contributed by atoms with E-state index in [1.165, 1.54) is 11.8 Å². The Balaban J connectivity index is 1.74. The van der Waals surface area contributed by atoms with Crippen LogP contribution in [0.1, 0.15) is 18.9 Å². The van der Waals surface area contributed by atoms with Crippen LogP contribution in [-0.2, 0) is 4.79 Å². The third-order valence-corrected chi connectivity index (χ3v) is 4.66. The van der Waals surface area contributed by atoms with Gasteiger partial charge < -0.3 is 9.73 Å². The number of aryl methyl sites for hydroxylation is 1. The molecule has 3 aromatic rings. The van der Waals surface area contributed by atoms with Crippen molar-refractivity contribution in [3.8, 4) is 0 Å². The lowest BCUT2D eigenvalue weighted by Gasteiger charge is -2.14. The summed E-state index contributed by atoms with van der Waals surface area (Å²) >= 11 is 1.32. The number of carbonyl (C=O) groups is 1. The van der Waals surface area contributed by atoms with E-state index in [1.807, 2.05) is 44.2 Å². The van der Waals surface area contributed by atoms with E-state index in [1.54, 1.807) is 12.3 Å². The number of amides is 1. The molecular weight excluding hydrogens is 310 g/mol. The number of oxazole rings is 1. The summed E-state index contributed by atoms with van der Waals surface area (Å²) in [5.41, 5.74) is 3.05. The van der Waals surface area contributed by atoms with Crippen molar-refractivity contribution in [1.82, 2.24) is 9.97 Å². The lowest BCUT2D eigenvalue weighted by molar-refractivity contribution is -0.115. The maximum atomic E-state index is 12.5. The summed E-state index contributed by atoms with van der Waals surface area (Å²) in [5, 5.41) is 3.16. The van der Waals surface area contributed by atoms with E-state index in [9.17, 15) is 4.79 Å². The Kier molecular flexibility index (Phi) is 4.62. The largest absolute Gasteiger partial charge is 0.430 e. The summed E-state index contributed by atoms with van der Waals surface area (Å²) in [4.78, 5) is 21.0. The molecule has 0 aliphatic carbocycles. The summed E-state index contributed by atoms with van der Waals surface area (Å²) in [5.74, 6) is -0.0537. The smallest absolute Gasteiger partial charge is 0.259 e. The first kappa shape index (κ1) is 15.6. The minimum Gasteiger partial charge on any atom is -0.430 e. The number of thioether (sulfide) groups is 1. The molecule has 0 unspecified atom stereocenters.